The Morgan fingerprint density at radius 3 is 2.07 bits per heavy atom. The summed E-state index contributed by atoms with van der Waals surface area (Å²) < 4.78 is 57.8. The van der Waals surface area contributed by atoms with Crippen LogP contribution in [0.25, 0.3) is 0 Å². The number of sulfonamides is 1. The highest BCUT2D eigenvalue weighted by Crippen LogP contribution is 2.32. The van der Waals surface area contributed by atoms with Crippen molar-refractivity contribution in [1.82, 2.24) is 4.72 Å². The van der Waals surface area contributed by atoms with E-state index < -0.39 is 25.9 Å². The lowest BCUT2D eigenvalue weighted by atomic mass is 10.0. The Kier molecular flexibility index (Phi) is 7.14. The zero-order chi connectivity index (χ0) is 22.0. The number of ether oxygens (including phenoxy) is 1. The molecule has 0 aliphatic rings. The molecule has 0 radical (unpaired) electrons. The van der Waals surface area contributed by atoms with E-state index in [1.54, 1.807) is 38.3 Å². The van der Waals surface area contributed by atoms with Crippen LogP contribution in [0.15, 0.2) is 46.2 Å². The summed E-state index contributed by atoms with van der Waals surface area (Å²) in [6.07, 6.45) is 1.66. The molecule has 0 spiro atoms. The minimum absolute atomic E-state index is 0.102. The molecule has 0 aliphatic heterocycles. The number of rotatable bonds is 8. The lowest BCUT2D eigenvalue weighted by molar-refractivity contribution is 0.406. The number of benzene rings is 2. The Bertz CT molecular complexity index is 1070. The number of hydrogen-bond donors (Lipinski definition) is 1. The van der Waals surface area contributed by atoms with Gasteiger partial charge in [0.15, 0.2) is 9.84 Å². The summed E-state index contributed by atoms with van der Waals surface area (Å²) in [5.41, 5.74) is 2.13. The van der Waals surface area contributed by atoms with Crippen molar-refractivity contribution in [2.24, 2.45) is 0 Å². The SMILES string of the molecule is CC[C@@H](NS(=O)(=O)c1cc(C(C)C)c(OC)cc1C)c1ccc(S(C)(=O)=O)cc1. The third kappa shape index (κ3) is 5.38. The molecule has 0 unspecified atom stereocenters. The first-order valence-corrected chi connectivity index (χ1v) is 12.8. The second kappa shape index (κ2) is 8.85. The van der Waals surface area contributed by atoms with E-state index in [2.05, 4.69) is 4.72 Å². The standard InChI is InChI=1S/C21H29NO5S2/c1-7-19(16-8-10-17(11-9-16)28(6,23)24)22-29(25,26)21-13-18(14(2)3)20(27-5)12-15(21)4/h8-14,19,22H,7H2,1-6H3/t19-/m1/s1. The van der Waals surface area contributed by atoms with Gasteiger partial charge in [-0.3, -0.25) is 0 Å². The molecule has 0 saturated heterocycles. The number of methoxy groups -OCH3 is 1. The number of sulfone groups is 1. The molecule has 2 aromatic carbocycles. The molecule has 0 bridgehead atoms. The first-order valence-electron chi connectivity index (χ1n) is 9.41. The fraction of sp³-hybridized carbons (Fsp3) is 0.429. The Morgan fingerprint density at radius 1 is 1.03 bits per heavy atom. The summed E-state index contributed by atoms with van der Waals surface area (Å²) in [6, 6.07) is 9.22. The molecule has 160 valence electrons. The van der Waals surface area contributed by atoms with Gasteiger partial charge in [0, 0.05) is 12.3 Å². The van der Waals surface area contributed by atoms with Crippen LogP contribution in [0, 0.1) is 6.92 Å². The molecule has 0 aliphatic carbocycles. The van der Waals surface area contributed by atoms with Crippen LogP contribution in [-0.4, -0.2) is 30.2 Å². The van der Waals surface area contributed by atoms with Crippen molar-refractivity contribution in [2.45, 2.75) is 55.9 Å². The average Bonchev–Trinajstić information content (AvgIpc) is 2.64. The Morgan fingerprint density at radius 2 is 1.62 bits per heavy atom. The Labute approximate surface area is 174 Å². The van der Waals surface area contributed by atoms with Gasteiger partial charge in [0.25, 0.3) is 0 Å². The van der Waals surface area contributed by atoms with E-state index in [1.807, 2.05) is 20.8 Å². The monoisotopic (exact) mass is 439 g/mol. The molecule has 8 heteroatoms. The summed E-state index contributed by atoms with van der Waals surface area (Å²) in [4.78, 5) is 0.416. The van der Waals surface area contributed by atoms with Gasteiger partial charge in [0.05, 0.1) is 16.9 Å². The molecular formula is C21H29NO5S2. The maximum absolute atomic E-state index is 13.1. The van der Waals surface area contributed by atoms with Crippen LogP contribution in [-0.2, 0) is 19.9 Å². The maximum Gasteiger partial charge on any atom is 0.241 e. The Balaban J connectivity index is 2.42. The van der Waals surface area contributed by atoms with E-state index in [-0.39, 0.29) is 15.7 Å². The molecule has 0 aromatic heterocycles. The number of aryl methyl sites for hydroxylation is 1. The van der Waals surface area contributed by atoms with E-state index in [0.717, 1.165) is 11.8 Å². The predicted octanol–water partition coefficient (Wildman–Crippen LogP) is 3.96. The molecule has 2 aromatic rings. The van der Waals surface area contributed by atoms with Crippen molar-refractivity contribution in [3.05, 3.63) is 53.1 Å². The fourth-order valence-corrected chi connectivity index (χ4v) is 5.38. The van der Waals surface area contributed by atoms with E-state index in [1.165, 1.54) is 12.1 Å². The minimum Gasteiger partial charge on any atom is -0.496 e. The van der Waals surface area contributed by atoms with Crippen molar-refractivity contribution < 1.29 is 21.6 Å². The van der Waals surface area contributed by atoms with Gasteiger partial charge < -0.3 is 4.74 Å². The molecule has 29 heavy (non-hydrogen) atoms. The third-order valence-electron chi connectivity index (χ3n) is 4.86. The zero-order valence-corrected chi connectivity index (χ0v) is 19.3. The van der Waals surface area contributed by atoms with Crippen LogP contribution in [0.5, 0.6) is 5.75 Å². The van der Waals surface area contributed by atoms with E-state index in [9.17, 15) is 16.8 Å². The van der Waals surface area contributed by atoms with Crippen LogP contribution in [0.1, 0.15) is 55.8 Å². The predicted molar refractivity (Wildman–Crippen MR) is 115 cm³/mol. The molecule has 1 N–H and O–H groups in total. The van der Waals surface area contributed by atoms with Gasteiger partial charge in [-0.15, -0.1) is 0 Å². The summed E-state index contributed by atoms with van der Waals surface area (Å²) in [6.45, 7) is 7.57. The average molecular weight is 440 g/mol. The van der Waals surface area contributed by atoms with Crippen LogP contribution >= 0.6 is 0 Å². The van der Waals surface area contributed by atoms with Crippen molar-refractivity contribution in [2.75, 3.05) is 13.4 Å². The van der Waals surface area contributed by atoms with Crippen molar-refractivity contribution in [1.29, 1.82) is 0 Å². The van der Waals surface area contributed by atoms with E-state index in [0.29, 0.717) is 23.3 Å². The quantitative estimate of drug-likeness (QED) is 0.672. The molecular weight excluding hydrogens is 410 g/mol. The highest BCUT2D eigenvalue weighted by molar-refractivity contribution is 7.90. The zero-order valence-electron chi connectivity index (χ0n) is 17.7. The van der Waals surface area contributed by atoms with Crippen LogP contribution in [0.3, 0.4) is 0 Å². The fourth-order valence-electron chi connectivity index (χ4n) is 3.18. The van der Waals surface area contributed by atoms with Crippen LogP contribution in [0.4, 0.5) is 0 Å². The highest BCUT2D eigenvalue weighted by Gasteiger charge is 2.24. The van der Waals surface area contributed by atoms with Gasteiger partial charge in [-0.1, -0.05) is 32.9 Å². The topological polar surface area (TPSA) is 89.5 Å². The molecule has 0 saturated carbocycles. The molecule has 0 heterocycles. The first kappa shape index (κ1) is 23.4. The smallest absolute Gasteiger partial charge is 0.241 e. The normalized spacial score (nSPS) is 13.5. The second-order valence-corrected chi connectivity index (χ2v) is 11.1. The first-order chi connectivity index (χ1) is 13.4. The summed E-state index contributed by atoms with van der Waals surface area (Å²) in [5.74, 6) is 0.768. The van der Waals surface area contributed by atoms with Gasteiger partial charge in [-0.2, -0.15) is 0 Å². The van der Waals surface area contributed by atoms with E-state index in [4.69, 9.17) is 4.74 Å². The lowest BCUT2D eigenvalue weighted by Crippen LogP contribution is -2.29. The second-order valence-electron chi connectivity index (χ2n) is 7.44. The van der Waals surface area contributed by atoms with Crippen LogP contribution < -0.4 is 9.46 Å². The maximum atomic E-state index is 13.1. The van der Waals surface area contributed by atoms with Gasteiger partial charge in [-0.05, 0) is 60.2 Å². The van der Waals surface area contributed by atoms with Gasteiger partial charge in [0.2, 0.25) is 10.0 Å². The van der Waals surface area contributed by atoms with Crippen molar-refractivity contribution >= 4 is 19.9 Å². The summed E-state index contributed by atoms with van der Waals surface area (Å²) >= 11 is 0. The van der Waals surface area contributed by atoms with E-state index >= 15 is 0 Å². The van der Waals surface area contributed by atoms with Crippen LogP contribution in [0.2, 0.25) is 0 Å². The molecule has 0 fully saturated rings. The molecule has 1 atom stereocenters. The van der Waals surface area contributed by atoms with Gasteiger partial charge >= 0.3 is 0 Å². The molecule has 6 nitrogen and oxygen atoms in total. The largest absolute Gasteiger partial charge is 0.496 e. The minimum atomic E-state index is -3.79. The molecule has 0 amide bonds. The number of nitrogens with one attached hydrogen (secondary N) is 1. The van der Waals surface area contributed by atoms with Crippen molar-refractivity contribution in [3.63, 3.8) is 0 Å². The van der Waals surface area contributed by atoms with Gasteiger partial charge in [-0.25, -0.2) is 21.6 Å². The third-order valence-corrected chi connectivity index (χ3v) is 7.60. The summed E-state index contributed by atoms with van der Waals surface area (Å²) in [5, 5.41) is 0. The van der Waals surface area contributed by atoms with Gasteiger partial charge in [0.1, 0.15) is 5.75 Å². The Hall–Kier alpha value is -1.90. The highest BCUT2D eigenvalue weighted by atomic mass is 32.2. The summed E-state index contributed by atoms with van der Waals surface area (Å²) in [7, 11) is -5.53. The number of hydrogen-bond acceptors (Lipinski definition) is 5. The molecule has 2 rings (SSSR count). The lowest BCUT2D eigenvalue weighted by Gasteiger charge is -2.21. The van der Waals surface area contributed by atoms with Crippen molar-refractivity contribution in [3.8, 4) is 5.75 Å².